The normalized spacial score (nSPS) is 19.0. The van der Waals surface area contributed by atoms with Gasteiger partial charge in [0.05, 0.1) is 25.9 Å². The standard InChI is InChI=1S/C26H35N3O3.C2H6/c1-31-22-10-6-9-21(24(22)32-2)23(25(27)28-16-13-19-7-4-3-5-8-19)29-17-14-26(30,15-18-29)20-11-12-20;1-2/h3-10,20,23,30H,11-18H2,1-2H3,(H2,27,28);1-2H3. The molecule has 186 valence electrons. The molecule has 34 heavy (non-hydrogen) atoms. The van der Waals surface area contributed by atoms with E-state index in [0.29, 0.717) is 29.8 Å². The van der Waals surface area contributed by atoms with Crippen LogP contribution in [0.2, 0.25) is 0 Å². The molecule has 1 saturated heterocycles. The van der Waals surface area contributed by atoms with Gasteiger partial charge in [-0.15, -0.1) is 0 Å². The number of piperidine rings is 1. The number of methoxy groups -OCH3 is 2. The lowest BCUT2D eigenvalue weighted by Crippen LogP contribution is -2.49. The van der Waals surface area contributed by atoms with E-state index >= 15 is 0 Å². The fourth-order valence-electron chi connectivity index (χ4n) is 4.91. The maximum atomic E-state index is 11.0. The predicted octanol–water partition coefficient (Wildman–Crippen LogP) is 4.61. The molecule has 0 bridgehead atoms. The summed E-state index contributed by atoms with van der Waals surface area (Å²) in [5.74, 6) is 2.40. The van der Waals surface area contributed by atoms with Crippen LogP contribution in [0.3, 0.4) is 0 Å². The second kappa shape index (κ2) is 12.2. The summed E-state index contributed by atoms with van der Waals surface area (Å²) < 4.78 is 11.3. The summed E-state index contributed by atoms with van der Waals surface area (Å²) in [5.41, 5.74) is 8.31. The first-order valence-electron chi connectivity index (χ1n) is 12.6. The van der Waals surface area contributed by atoms with E-state index in [4.69, 9.17) is 20.2 Å². The second-order valence-corrected chi connectivity index (χ2v) is 8.94. The molecule has 3 N–H and O–H groups in total. The van der Waals surface area contributed by atoms with Gasteiger partial charge in [-0.2, -0.15) is 0 Å². The molecule has 2 aromatic carbocycles. The van der Waals surface area contributed by atoms with Crippen LogP contribution in [-0.2, 0) is 6.42 Å². The number of hydrogen-bond acceptors (Lipinski definition) is 5. The number of nitrogens with zero attached hydrogens (tertiary/aromatic N) is 2. The number of para-hydroxylation sites is 1. The maximum Gasteiger partial charge on any atom is 0.165 e. The van der Waals surface area contributed by atoms with Crippen molar-refractivity contribution in [3.8, 4) is 11.5 Å². The summed E-state index contributed by atoms with van der Waals surface area (Å²) >= 11 is 0. The van der Waals surface area contributed by atoms with Crippen molar-refractivity contribution in [2.24, 2.45) is 16.6 Å². The zero-order chi connectivity index (χ0) is 24.6. The summed E-state index contributed by atoms with van der Waals surface area (Å²) in [6.45, 7) is 6.17. The van der Waals surface area contributed by atoms with Crippen molar-refractivity contribution in [3.63, 3.8) is 0 Å². The molecule has 4 rings (SSSR count). The Kier molecular flexibility index (Phi) is 9.36. The van der Waals surface area contributed by atoms with Crippen molar-refractivity contribution in [3.05, 3.63) is 59.7 Å². The molecule has 1 heterocycles. The number of ether oxygens (including phenoxy) is 2. The van der Waals surface area contributed by atoms with Crippen molar-refractivity contribution < 1.29 is 14.6 Å². The van der Waals surface area contributed by atoms with Crippen LogP contribution in [0.15, 0.2) is 53.5 Å². The Morgan fingerprint density at radius 3 is 2.32 bits per heavy atom. The van der Waals surface area contributed by atoms with Gasteiger partial charge >= 0.3 is 0 Å². The highest BCUT2D eigenvalue weighted by Crippen LogP contribution is 2.46. The highest BCUT2D eigenvalue weighted by molar-refractivity contribution is 5.88. The molecule has 2 aliphatic rings. The molecule has 2 fully saturated rings. The Hall–Kier alpha value is -2.57. The van der Waals surface area contributed by atoms with Crippen molar-refractivity contribution in [1.29, 1.82) is 0 Å². The fourth-order valence-corrected chi connectivity index (χ4v) is 4.91. The SMILES string of the molecule is CC.COc1cccc(C(C(N)=NCCc2ccccc2)N2CCC(O)(C3CC3)CC2)c1OC. The van der Waals surface area contributed by atoms with E-state index in [-0.39, 0.29) is 6.04 Å². The second-order valence-electron chi connectivity index (χ2n) is 8.94. The molecule has 1 unspecified atom stereocenters. The third-order valence-electron chi connectivity index (χ3n) is 6.91. The van der Waals surface area contributed by atoms with E-state index in [1.165, 1.54) is 5.56 Å². The molecular formula is C28H41N3O3. The van der Waals surface area contributed by atoms with Gasteiger partial charge in [0.15, 0.2) is 11.5 Å². The quantitative estimate of drug-likeness (QED) is 0.416. The lowest BCUT2D eigenvalue weighted by molar-refractivity contribution is -0.0430. The first kappa shape index (κ1) is 26.0. The van der Waals surface area contributed by atoms with Crippen molar-refractivity contribution in [2.45, 2.75) is 57.6 Å². The third kappa shape index (κ3) is 6.10. The molecule has 1 saturated carbocycles. The van der Waals surface area contributed by atoms with Crippen LogP contribution in [-0.4, -0.2) is 55.3 Å². The van der Waals surface area contributed by atoms with E-state index in [2.05, 4.69) is 17.0 Å². The van der Waals surface area contributed by atoms with Crippen molar-refractivity contribution in [2.75, 3.05) is 33.9 Å². The zero-order valence-corrected chi connectivity index (χ0v) is 21.2. The Morgan fingerprint density at radius 2 is 1.74 bits per heavy atom. The summed E-state index contributed by atoms with van der Waals surface area (Å²) in [7, 11) is 3.30. The highest BCUT2D eigenvalue weighted by Gasteiger charge is 2.46. The van der Waals surface area contributed by atoms with Gasteiger partial charge in [-0.25, -0.2) is 0 Å². The van der Waals surface area contributed by atoms with Crippen LogP contribution >= 0.6 is 0 Å². The molecule has 0 radical (unpaired) electrons. The molecule has 0 aromatic heterocycles. The van der Waals surface area contributed by atoms with Gasteiger partial charge in [0.2, 0.25) is 0 Å². The largest absolute Gasteiger partial charge is 0.493 e. The number of aliphatic imine (C=N–C) groups is 1. The number of benzene rings is 2. The molecule has 1 atom stereocenters. The lowest BCUT2D eigenvalue weighted by atomic mass is 9.85. The smallest absolute Gasteiger partial charge is 0.165 e. The predicted molar refractivity (Wildman–Crippen MR) is 139 cm³/mol. The number of nitrogens with two attached hydrogens (primary N) is 1. The molecule has 0 spiro atoms. The summed E-state index contributed by atoms with van der Waals surface area (Å²) in [6, 6.07) is 16.0. The summed E-state index contributed by atoms with van der Waals surface area (Å²) in [5, 5.41) is 11.0. The van der Waals surface area contributed by atoms with Gasteiger partial charge in [0.1, 0.15) is 5.84 Å². The van der Waals surface area contributed by atoms with Crippen LogP contribution in [0.5, 0.6) is 11.5 Å². The monoisotopic (exact) mass is 467 g/mol. The highest BCUT2D eigenvalue weighted by atomic mass is 16.5. The van der Waals surface area contributed by atoms with Gasteiger partial charge < -0.3 is 20.3 Å². The van der Waals surface area contributed by atoms with Crippen LogP contribution in [0.25, 0.3) is 0 Å². The molecule has 1 aliphatic carbocycles. The van der Waals surface area contributed by atoms with Crippen molar-refractivity contribution in [1.82, 2.24) is 4.90 Å². The van der Waals surface area contributed by atoms with Crippen LogP contribution < -0.4 is 15.2 Å². The Balaban J connectivity index is 0.00000158. The average Bonchev–Trinajstić information content (AvgIpc) is 3.73. The van der Waals surface area contributed by atoms with Gasteiger partial charge in [-0.1, -0.05) is 56.3 Å². The summed E-state index contributed by atoms with van der Waals surface area (Å²) in [6.07, 6.45) is 4.65. The molecule has 6 nitrogen and oxygen atoms in total. The van der Waals surface area contributed by atoms with E-state index in [9.17, 15) is 5.11 Å². The Morgan fingerprint density at radius 1 is 1.06 bits per heavy atom. The van der Waals surface area contributed by atoms with Gasteiger partial charge in [-0.3, -0.25) is 9.89 Å². The fraction of sp³-hybridized carbons (Fsp3) is 0.536. The minimum absolute atomic E-state index is 0.223. The maximum absolute atomic E-state index is 11.0. The average molecular weight is 468 g/mol. The molecule has 2 aromatic rings. The van der Waals surface area contributed by atoms with E-state index in [0.717, 1.165) is 50.8 Å². The molecular weight excluding hydrogens is 426 g/mol. The molecule has 0 amide bonds. The minimum atomic E-state index is -0.529. The number of likely N-dealkylation sites (tertiary alicyclic amines) is 1. The Bertz CT molecular complexity index is 920. The molecule has 6 heteroatoms. The first-order valence-corrected chi connectivity index (χ1v) is 12.6. The lowest BCUT2D eigenvalue weighted by Gasteiger charge is -2.42. The Labute approximate surface area is 204 Å². The van der Waals surface area contributed by atoms with E-state index < -0.39 is 5.60 Å². The van der Waals surface area contributed by atoms with Gasteiger partial charge in [0, 0.05) is 25.2 Å². The van der Waals surface area contributed by atoms with Crippen LogP contribution in [0, 0.1) is 5.92 Å². The number of rotatable bonds is 9. The molecule has 1 aliphatic heterocycles. The topological polar surface area (TPSA) is 80.3 Å². The third-order valence-corrected chi connectivity index (χ3v) is 6.91. The first-order chi connectivity index (χ1) is 16.6. The van der Waals surface area contributed by atoms with Crippen molar-refractivity contribution >= 4 is 5.84 Å². The minimum Gasteiger partial charge on any atom is -0.493 e. The van der Waals surface area contributed by atoms with E-state index in [1.54, 1.807) is 14.2 Å². The van der Waals surface area contributed by atoms with E-state index in [1.807, 2.05) is 50.2 Å². The summed E-state index contributed by atoms with van der Waals surface area (Å²) in [4.78, 5) is 7.11. The van der Waals surface area contributed by atoms with Crippen LogP contribution in [0.4, 0.5) is 0 Å². The van der Waals surface area contributed by atoms with Gasteiger partial charge in [-0.05, 0) is 49.7 Å². The number of hydrogen-bond donors (Lipinski definition) is 2. The van der Waals surface area contributed by atoms with Gasteiger partial charge in [0.25, 0.3) is 0 Å². The van der Waals surface area contributed by atoms with Crippen LogP contribution in [0.1, 0.15) is 56.7 Å². The zero-order valence-electron chi connectivity index (χ0n) is 21.2. The number of aliphatic hydroxyl groups is 1. The number of amidine groups is 1.